The lowest BCUT2D eigenvalue weighted by Crippen LogP contribution is -2.17. The zero-order valence-corrected chi connectivity index (χ0v) is 11.6. The molecule has 1 fully saturated rings. The molecule has 21 heavy (non-hydrogen) atoms. The first kappa shape index (κ1) is 15.8. The number of hydrogen-bond donors (Lipinski definition) is 0. The van der Waals surface area contributed by atoms with Crippen molar-refractivity contribution in [3.63, 3.8) is 0 Å². The molecule has 3 nitrogen and oxygen atoms in total. The van der Waals surface area contributed by atoms with Crippen LogP contribution in [0.5, 0.6) is 0 Å². The van der Waals surface area contributed by atoms with E-state index in [1.54, 1.807) is 6.92 Å². The van der Waals surface area contributed by atoms with Gasteiger partial charge >= 0.3 is 5.97 Å². The molecule has 0 N–H and O–H groups in total. The van der Waals surface area contributed by atoms with Gasteiger partial charge in [0.2, 0.25) is 0 Å². The summed E-state index contributed by atoms with van der Waals surface area (Å²) in [5.41, 5.74) is -2.43. The monoisotopic (exact) mass is 306 g/mol. The van der Waals surface area contributed by atoms with Crippen LogP contribution in [0.2, 0.25) is 0 Å². The van der Waals surface area contributed by atoms with Crippen molar-refractivity contribution in [3.05, 3.63) is 34.4 Å². The van der Waals surface area contributed by atoms with Gasteiger partial charge in [-0.25, -0.2) is 17.6 Å². The lowest BCUT2D eigenvalue weighted by atomic mass is 10.1. The highest BCUT2D eigenvalue weighted by molar-refractivity contribution is 5.79. The quantitative estimate of drug-likeness (QED) is 0.476. The normalized spacial score (nSPS) is 15.9. The first-order valence-electron chi connectivity index (χ1n) is 6.31. The van der Waals surface area contributed by atoms with Gasteiger partial charge in [0.05, 0.1) is 23.1 Å². The fraction of sp³-hybridized carbons (Fsp3) is 0.500. The Balaban J connectivity index is 2.25. The number of carbonyl (C=O) groups is 1. The number of carbonyl (C=O) groups excluding carboxylic acids is 1. The van der Waals surface area contributed by atoms with Crippen molar-refractivity contribution in [1.29, 1.82) is 0 Å². The van der Waals surface area contributed by atoms with Gasteiger partial charge in [-0.05, 0) is 19.8 Å². The number of esters is 1. The van der Waals surface area contributed by atoms with Crippen LogP contribution in [0.25, 0.3) is 0 Å². The van der Waals surface area contributed by atoms with Crippen LogP contribution < -0.4 is 0 Å². The van der Waals surface area contributed by atoms with Crippen LogP contribution >= 0.6 is 0 Å². The van der Waals surface area contributed by atoms with Gasteiger partial charge in [0.25, 0.3) is 0 Å². The van der Waals surface area contributed by atoms with Gasteiger partial charge in [-0.2, -0.15) is 0 Å². The summed E-state index contributed by atoms with van der Waals surface area (Å²) in [6.07, 6.45) is 1.23. The van der Waals surface area contributed by atoms with Crippen LogP contribution in [-0.4, -0.2) is 13.1 Å². The second-order valence-corrected chi connectivity index (χ2v) is 5.28. The van der Waals surface area contributed by atoms with Crippen molar-refractivity contribution in [1.82, 2.24) is 0 Å². The van der Waals surface area contributed by atoms with Crippen LogP contribution in [0.1, 0.15) is 30.9 Å². The first-order chi connectivity index (χ1) is 9.81. The summed E-state index contributed by atoms with van der Waals surface area (Å²) < 4.78 is 64.1. The minimum atomic E-state index is -1.57. The summed E-state index contributed by atoms with van der Waals surface area (Å²) in [5.74, 6) is -6.87. The second kappa shape index (κ2) is 5.63. The van der Waals surface area contributed by atoms with E-state index in [4.69, 9.17) is 4.74 Å². The molecule has 2 rings (SSSR count). The highest BCUT2D eigenvalue weighted by atomic mass is 19.2. The van der Waals surface area contributed by atoms with Crippen LogP contribution in [0.4, 0.5) is 17.6 Å². The Bertz CT molecular complexity index is 553. The van der Waals surface area contributed by atoms with E-state index in [1.807, 2.05) is 0 Å². The largest absolute Gasteiger partial charge is 0.460 e. The van der Waals surface area contributed by atoms with E-state index in [9.17, 15) is 22.4 Å². The summed E-state index contributed by atoms with van der Waals surface area (Å²) in [6, 6.07) is 0. The summed E-state index contributed by atoms with van der Waals surface area (Å²) >= 11 is 0. The smallest absolute Gasteiger partial charge is 0.312 e. The molecular weight excluding hydrogens is 292 g/mol. The molecule has 1 aliphatic rings. The minimum absolute atomic E-state index is 0.607. The molecule has 0 atom stereocenters. The van der Waals surface area contributed by atoms with E-state index >= 15 is 0 Å². The molecule has 1 aromatic rings. The maximum Gasteiger partial charge on any atom is 0.312 e. The van der Waals surface area contributed by atoms with Gasteiger partial charge in [0.15, 0.2) is 23.3 Å². The zero-order chi connectivity index (χ0) is 15.8. The zero-order valence-electron chi connectivity index (χ0n) is 11.6. The lowest BCUT2D eigenvalue weighted by molar-refractivity contribution is -0.151. The Labute approximate surface area is 118 Å². The number of ether oxygens (including phenoxy) is 2. The lowest BCUT2D eigenvalue weighted by Gasteiger charge is -2.13. The highest BCUT2D eigenvalue weighted by Gasteiger charge is 2.46. The molecule has 1 aliphatic carbocycles. The fourth-order valence-corrected chi connectivity index (χ4v) is 1.82. The molecular formula is C14H14F4O3. The van der Waals surface area contributed by atoms with Crippen molar-refractivity contribution < 1.29 is 31.8 Å². The molecule has 1 aromatic carbocycles. The molecule has 1 saturated carbocycles. The number of methoxy groups -OCH3 is 1. The van der Waals surface area contributed by atoms with Crippen molar-refractivity contribution in [2.45, 2.75) is 33.0 Å². The van der Waals surface area contributed by atoms with Gasteiger partial charge in [0.1, 0.15) is 6.61 Å². The molecule has 0 aliphatic heterocycles. The topological polar surface area (TPSA) is 35.5 Å². The van der Waals surface area contributed by atoms with Gasteiger partial charge in [-0.1, -0.05) is 0 Å². The van der Waals surface area contributed by atoms with E-state index in [-0.39, 0.29) is 0 Å². The Morgan fingerprint density at radius 1 is 1.00 bits per heavy atom. The first-order valence-corrected chi connectivity index (χ1v) is 6.31. The van der Waals surface area contributed by atoms with Crippen molar-refractivity contribution in [3.8, 4) is 0 Å². The van der Waals surface area contributed by atoms with Crippen LogP contribution in [-0.2, 0) is 27.5 Å². The highest BCUT2D eigenvalue weighted by Crippen LogP contribution is 2.46. The van der Waals surface area contributed by atoms with Crippen molar-refractivity contribution in [2.24, 2.45) is 5.41 Å². The molecule has 7 heteroatoms. The summed E-state index contributed by atoms with van der Waals surface area (Å²) in [6.45, 7) is 0.182. The third kappa shape index (κ3) is 2.88. The van der Waals surface area contributed by atoms with E-state index < -0.39 is 59.0 Å². The Morgan fingerprint density at radius 3 is 1.81 bits per heavy atom. The van der Waals surface area contributed by atoms with Crippen LogP contribution in [0.3, 0.4) is 0 Å². The number of halogens is 4. The maximum absolute atomic E-state index is 13.8. The molecule has 116 valence electrons. The van der Waals surface area contributed by atoms with Gasteiger partial charge < -0.3 is 9.47 Å². The SMILES string of the molecule is COCc1c(F)c(F)c(COC(=O)C2(C)CC2)c(F)c1F. The molecule has 0 heterocycles. The minimum Gasteiger partial charge on any atom is -0.460 e. The average Bonchev–Trinajstić information content (AvgIpc) is 3.20. The molecule has 0 bridgehead atoms. The molecule has 0 radical (unpaired) electrons. The van der Waals surface area contributed by atoms with Gasteiger partial charge in [0, 0.05) is 7.11 Å². The standard InChI is InChI=1S/C14H14F4O3/c1-14(3-4-14)13(19)21-6-8-11(17)9(15)7(5-20-2)10(16)12(8)18/h3-6H2,1-2H3. The van der Waals surface area contributed by atoms with Crippen LogP contribution in [0.15, 0.2) is 0 Å². The Kier molecular flexibility index (Phi) is 4.22. The average molecular weight is 306 g/mol. The van der Waals surface area contributed by atoms with E-state index in [1.165, 1.54) is 0 Å². The third-order valence-corrected chi connectivity index (χ3v) is 3.57. The molecule has 0 saturated heterocycles. The predicted molar refractivity (Wildman–Crippen MR) is 64.1 cm³/mol. The maximum atomic E-state index is 13.8. The summed E-state index contributed by atoms with van der Waals surface area (Å²) in [5, 5.41) is 0. The molecule has 0 amide bonds. The number of hydrogen-bond acceptors (Lipinski definition) is 3. The van der Waals surface area contributed by atoms with Crippen molar-refractivity contribution >= 4 is 5.97 Å². The molecule has 0 spiro atoms. The Hall–Kier alpha value is -1.63. The Morgan fingerprint density at radius 2 is 1.43 bits per heavy atom. The van der Waals surface area contributed by atoms with E-state index in [2.05, 4.69) is 4.74 Å². The van der Waals surface area contributed by atoms with E-state index in [0.29, 0.717) is 12.8 Å². The number of rotatable bonds is 5. The van der Waals surface area contributed by atoms with Gasteiger partial charge in [-0.3, -0.25) is 4.79 Å². The second-order valence-electron chi connectivity index (χ2n) is 5.28. The molecule has 0 unspecified atom stereocenters. The molecule has 0 aromatic heterocycles. The predicted octanol–water partition coefficient (Wildman–Crippen LogP) is 3.23. The summed E-state index contributed by atoms with van der Waals surface area (Å²) in [7, 11) is 1.14. The number of benzene rings is 1. The van der Waals surface area contributed by atoms with E-state index in [0.717, 1.165) is 7.11 Å². The fourth-order valence-electron chi connectivity index (χ4n) is 1.82. The summed E-state index contributed by atoms with van der Waals surface area (Å²) in [4.78, 5) is 11.6. The van der Waals surface area contributed by atoms with Crippen LogP contribution in [0, 0.1) is 28.7 Å². The van der Waals surface area contributed by atoms with Gasteiger partial charge in [-0.15, -0.1) is 0 Å². The van der Waals surface area contributed by atoms with Crippen molar-refractivity contribution in [2.75, 3.05) is 7.11 Å². The third-order valence-electron chi connectivity index (χ3n) is 3.57.